The molecule has 8 heteroatoms. The van der Waals surface area contributed by atoms with Crippen molar-refractivity contribution >= 4 is 29.4 Å². The fourth-order valence-corrected chi connectivity index (χ4v) is 4.71. The molecule has 3 rings (SSSR count). The topological polar surface area (TPSA) is 88.1 Å². The number of urea groups is 1. The molecule has 0 aliphatic heterocycles. The number of para-hydroxylation sites is 1. The van der Waals surface area contributed by atoms with Gasteiger partial charge in [0, 0.05) is 30.2 Å². The summed E-state index contributed by atoms with van der Waals surface area (Å²) in [5, 5.41) is 12.3. The molecule has 1 unspecified atom stereocenters. The van der Waals surface area contributed by atoms with Crippen molar-refractivity contribution in [1.29, 1.82) is 0 Å². The Labute approximate surface area is 229 Å². The molecule has 0 spiro atoms. The number of thioether (sulfide) groups is 1. The second-order valence-electron chi connectivity index (χ2n) is 8.63. The molecule has 3 aromatic rings. The van der Waals surface area contributed by atoms with Crippen molar-refractivity contribution in [1.82, 2.24) is 4.90 Å². The molecule has 0 aliphatic carbocycles. The van der Waals surface area contributed by atoms with Gasteiger partial charge < -0.3 is 24.8 Å². The van der Waals surface area contributed by atoms with Gasteiger partial charge in [-0.15, -0.1) is 11.8 Å². The monoisotopic (exact) mass is 536 g/mol. The number of unbranched alkanes of at least 4 members (excludes halogenated alkanes) is 1. The Balaban J connectivity index is 1.49. The number of amides is 2. The smallest absolute Gasteiger partial charge is 0.333 e. The maximum Gasteiger partial charge on any atom is 0.333 e. The van der Waals surface area contributed by atoms with E-state index in [2.05, 4.69) is 17.4 Å². The molecule has 0 bridgehead atoms. The third kappa shape index (κ3) is 10.5. The van der Waals surface area contributed by atoms with Crippen molar-refractivity contribution in [3.63, 3.8) is 0 Å². The highest BCUT2D eigenvalue weighted by atomic mass is 32.2. The van der Waals surface area contributed by atoms with Crippen LogP contribution in [0.1, 0.15) is 25.3 Å². The summed E-state index contributed by atoms with van der Waals surface area (Å²) in [4.78, 5) is 27.4. The number of hydrogen-bond donors (Lipinski definition) is 2. The summed E-state index contributed by atoms with van der Waals surface area (Å²) in [5.74, 6) is 0.687. The predicted octanol–water partition coefficient (Wildman–Crippen LogP) is 6.20. The first-order chi connectivity index (χ1) is 18.5. The van der Waals surface area contributed by atoms with Crippen molar-refractivity contribution in [2.75, 3.05) is 37.4 Å². The maximum atomic E-state index is 13.0. The Morgan fingerprint density at radius 3 is 2.26 bits per heavy atom. The van der Waals surface area contributed by atoms with E-state index < -0.39 is 12.1 Å². The highest BCUT2D eigenvalue weighted by Crippen LogP contribution is 2.19. The highest BCUT2D eigenvalue weighted by Gasteiger charge is 2.18. The molecule has 1 atom stereocenters. The van der Waals surface area contributed by atoms with Gasteiger partial charge in [-0.25, -0.2) is 9.59 Å². The minimum atomic E-state index is -0.972. The van der Waals surface area contributed by atoms with Crippen LogP contribution in [0.2, 0.25) is 0 Å². The molecule has 0 aromatic heterocycles. The second kappa shape index (κ2) is 16.4. The minimum Gasteiger partial charge on any atom is -0.492 e. The van der Waals surface area contributed by atoms with Crippen LogP contribution in [0.4, 0.5) is 10.5 Å². The van der Waals surface area contributed by atoms with Crippen molar-refractivity contribution in [3.05, 3.63) is 90.5 Å². The number of carboxylic acid groups (broad SMARTS) is 1. The van der Waals surface area contributed by atoms with E-state index in [1.54, 1.807) is 11.8 Å². The molecule has 2 amide bonds. The molecule has 0 saturated carbocycles. The molecule has 0 heterocycles. The first-order valence-corrected chi connectivity index (χ1v) is 13.9. The average Bonchev–Trinajstić information content (AvgIpc) is 2.93. The van der Waals surface area contributed by atoms with E-state index in [1.165, 1.54) is 4.90 Å². The Morgan fingerprint density at radius 1 is 0.921 bits per heavy atom. The number of nitrogens with one attached hydrogen (secondary N) is 1. The summed E-state index contributed by atoms with van der Waals surface area (Å²) in [6.45, 7) is 3.54. The molecule has 3 aromatic carbocycles. The van der Waals surface area contributed by atoms with E-state index in [1.807, 2.05) is 84.6 Å². The number of hydrogen-bond acceptors (Lipinski definition) is 5. The number of ether oxygens (including phenoxy) is 2. The van der Waals surface area contributed by atoms with Crippen molar-refractivity contribution in [2.45, 2.75) is 37.2 Å². The summed E-state index contributed by atoms with van der Waals surface area (Å²) in [5.41, 5.74) is 1.61. The lowest BCUT2D eigenvalue weighted by molar-refractivity contribution is -0.149. The standard InChI is InChI=1S/C30H36N2O5S/c1-2-36-28(29(33)34)23-24-15-17-26(18-16-24)37-21-20-32(30(35)31-25-11-5-3-6-12-25)19-9-10-22-38-27-13-7-4-8-14-27/h3-8,11-18,28H,2,9-10,19-23H2,1H3,(H,31,35)(H,33,34). The van der Waals surface area contributed by atoms with Gasteiger partial charge in [-0.2, -0.15) is 0 Å². The molecule has 0 fully saturated rings. The fraction of sp³-hybridized carbons (Fsp3) is 0.333. The zero-order valence-electron chi connectivity index (χ0n) is 21.8. The van der Waals surface area contributed by atoms with Gasteiger partial charge in [0.15, 0.2) is 6.10 Å². The third-order valence-corrected chi connectivity index (χ3v) is 6.86. The minimum absolute atomic E-state index is 0.151. The second-order valence-corrected chi connectivity index (χ2v) is 9.80. The molecule has 202 valence electrons. The number of benzene rings is 3. The molecule has 0 aliphatic rings. The van der Waals surface area contributed by atoms with E-state index in [9.17, 15) is 14.7 Å². The Morgan fingerprint density at radius 2 is 1.61 bits per heavy atom. The van der Waals surface area contributed by atoms with Crippen LogP contribution < -0.4 is 10.1 Å². The van der Waals surface area contributed by atoms with Gasteiger partial charge in [-0.1, -0.05) is 48.5 Å². The fourth-order valence-electron chi connectivity index (χ4n) is 3.78. The van der Waals surface area contributed by atoms with E-state index in [0.29, 0.717) is 38.5 Å². The number of carboxylic acids is 1. The zero-order chi connectivity index (χ0) is 27.0. The Kier molecular flexibility index (Phi) is 12.5. The van der Waals surface area contributed by atoms with Gasteiger partial charge in [0.05, 0.1) is 6.54 Å². The van der Waals surface area contributed by atoms with Crippen LogP contribution in [0.25, 0.3) is 0 Å². The van der Waals surface area contributed by atoms with Crippen molar-refractivity contribution < 1.29 is 24.2 Å². The lowest BCUT2D eigenvalue weighted by Gasteiger charge is -2.23. The van der Waals surface area contributed by atoms with E-state index in [-0.39, 0.29) is 6.03 Å². The molecule has 0 radical (unpaired) electrons. The van der Waals surface area contributed by atoms with E-state index in [0.717, 1.165) is 29.8 Å². The lowest BCUT2D eigenvalue weighted by Crippen LogP contribution is -2.38. The van der Waals surface area contributed by atoms with Crippen LogP contribution in [-0.4, -0.2) is 60.2 Å². The summed E-state index contributed by atoms with van der Waals surface area (Å²) in [6, 6.07) is 26.9. The lowest BCUT2D eigenvalue weighted by atomic mass is 10.1. The molecule has 0 saturated heterocycles. The van der Waals surface area contributed by atoms with Gasteiger partial charge in [0.1, 0.15) is 12.4 Å². The average molecular weight is 537 g/mol. The number of anilines is 1. The molecule has 7 nitrogen and oxygen atoms in total. The van der Waals surface area contributed by atoms with Crippen LogP contribution in [0.5, 0.6) is 5.75 Å². The van der Waals surface area contributed by atoms with Gasteiger partial charge in [0.2, 0.25) is 0 Å². The Hall–Kier alpha value is -3.49. The maximum absolute atomic E-state index is 13.0. The number of carbonyl (C=O) groups is 2. The Bertz CT molecular complexity index is 1100. The SMILES string of the molecule is CCOC(Cc1ccc(OCCN(CCCCSc2ccccc2)C(=O)Nc2ccccc2)cc1)C(=O)O. The number of carbonyl (C=O) groups excluding carboxylic acids is 1. The molecular weight excluding hydrogens is 500 g/mol. The van der Waals surface area contributed by atoms with Gasteiger partial charge in [-0.05, 0) is 67.5 Å². The quantitative estimate of drug-likeness (QED) is 0.167. The van der Waals surface area contributed by atoms with Gasteiger partial charge in [0.25, 0.3) is 0 Å². The van der Waals surface area contributed by atoms with Gasteiger partial charge in [-0.3, -0.25) is 0 Å². The van der Waals surface area contributed by atoms with Gasteiger partial charge >= 0.3 is 12.0 Å². The van der Waals surface area contributed by atoms with Crippen LogP contribution in [0, 0.1) is 0 Å². The first-order valence-electron chi connectivity index (χ1n) is 12.9. The summed E-state index contributed by atoms with van der Waals surface area (Å²) in [7, 11) is 0. The normalized spacial score (nSPS) is 11.5. The van der Waals surface area contributed by atoms with Crippen LogP contribution in [0.15, 0.2) is 89.8 Å². The highest BCUT2D eigenvalue weighted by molar-refractivity contribution is 7.99. The van der Waals surface area contributed by atoms with E-state index in [4.69, 9.17) is 9.47 Å². The summed E-state index contributed by atoms with van der Waals surface area (Å²) >= 11 is 1.82. The summed E-state index contributed by atoms with van der Waals surface area (Å²) in [6.07, 6.45) is 1.31. The number of aliphatic carboxylic acids is 1. The van der Waals surface area contributed by atoms with E-state index >= 15 is 0 Å². The summed E-state index contributed by atoms with van der Waals surface area (Å²) < 4.78 is 11.2. The van der Waals surface area contributed by atoms with Crippen molar-refractivity contribution in [2.24, 2.45) is 0 Å². The number of rotatable bonds is 16. The molecule has 2 N–H and O–H groups in total. The zero-order valence-corrected chi connectivity index (χ0v) is 22.6. The molecule has 38 heavy (non-hydrogen) atoms. The predicted molar refractivity (Wildman–Crippen MR) is 152 cm³/mol. The van der Waals surface area contributed by atoms with Crippen molar-refractivity contribution in [3.8, 4) is 5.75 Å². The van der Waals surface area contributed by atoms with Crippen LogP contribution in [-0.2, 0) is 16.0 Å². The third-order valence-electron chi connectivity index (χ3n) is 5.76. The largest absolute Gasteiger partial charge is 0.492 e. The van der Waals surface area contributed by atoms with Crippen LogP contribution in [0.3, 0.4) is 0 Å². The molecular formula is C30H36N2O5S. The van der Waals surface area contributed by atoms with Crippen LogP contribution >= 0.6 is 11.8 Å². The number of nitrogens with zero attached hydrogens (tertiary/aromatic N) is 1. The first kappa shape index (κ1) is 29.1.